The molecule has 0 atom stereocenters. The lowest BCUT2D eigenvalue weighted by molar-refractivity contribution is 0.0714. The highest BCUT2D eigenvalue weighted by Gasteiger charge is 2.36. The fourth-order valence-electron chi connectivity index (χ4n) is 2.05. The summed E-state index contributed by atoms with van der Waals surface area (Å²) in [6.45, 7) is 1.23. The van der Waals surface area contributed by atoms with Crippen LogP contribution in [0, 0.1) is 11.3 Å². The zero-order chi connectivity index (χ0) is 13.2. The van der Waals surface area contributed by atoms with E-state index >= 15 is 0 Å². The largest absolute Gasteiger partial charge is 0.457 e. The maximum Gasteiger partial charge on any atom is 0.258 e. The van der Waals surface area contributed by atoms with Gasteiger partial charge >= 0.3 is 0 Å². The molecule has 0 aliphatic carbocycles. The van der Waals surface area contributed by atoms with Crippen molar-refractivity contribution in [2.24, 2.45) is 0 Å². The molecule has 1 saturated heterocycles. The molecule has 0 aromatic carbocycles. The summed E-state index contributed by atoms with van der Waals surface area (Å²) in [5.74, 6) is -0.0386. The molecule has 1 amide bonds. The Morgan fingerprint density at radius 2 is 2.28 bits per heavy atom. The van der Waals surface area contributed by atoms with Crippen LogP contribution < -0.4 is 0 Å². The van der Waals surface area contributed by atoms with Crippen LogP contribution in [0.4, 0.5) is 0 Å². The first-order chi connectivity index (χ1) is 8.62. The molecular formula is C12H13BrN2O2S. The number of nitriles is 1. The van der Waals surface area contributed by atoms with Crippen molar-refractivity contribution in [3.8, 4) is 6.07 Å². The molecule has 6 heteroatoms. The molecule has 1 aliphatic heterocycles. The predicted molar refractivity (Wildman–Crippen MR) is 73.4 cm³/mol. The van der Waals surface area contributed by atoms with E-state index in [1.165, 1.54) is 6.26 Å². The van der Waals surface area contributed by atoms with Crippen molar-refractivity contribution < 1.29 is 9.21 Å². The molecule has 0 N–H and O–H groups in total. The van der Waals surface area contributed by atoms with E-state index in [4.69, 9.17) is 4.42 Å². The Labute approximate surface area is 118 Å². The van der Waals surface area contributed by atoms with Gasteiger partial charge in [-0.1, -0.05) is 0 Å². The molecule has 1 aromatic heterocycles. The van der Waals surface area contributed by atoms with Gasteiger partial charge in [-0.05, 0) is 41.1 Å². The number of thioether (sulfide) groups is 1. The highest BCUT2D eigenvalue weighted by molar-refractivity contribution is 9.10. The van der Waals surface area contributed by atoms with Gasteiger partial charge in [0.2, 0.25) is 0 Å². The van der Waals surface area contributed by atoms with Crippen molar-refractivity contribution in [1.82, 2.24) is 4.90 Å². The minimum atomic E-state index is -0.329. The van der Waals surface area contributed by atoms with Gasteiger partial charge in [-0.15, -0.1) is 11.8 Å². The maximum absolute atomic E-state index is 12.2. The van der Waals surface area contributed by atoms with E-state index in [1.807, 2.05) is 6.26 Å². The number of hydrogen-bond donors (Lipinski definition) is 0. The predicted octanol–water partition coefficient (Wildman–Crippen LogP) is 2.90. The van der Waals surface area contributed by atoms with E-state index in [0.717, 1.165) is 0 Å². The lowest BCUT2D eigenvalue weighted by Crippen LogP contribution is -2.44. The number of furan rings is 1. The summed E-state index contributed by atoms with van der Waals surface area (Å²) < 4.78 is 5.21. The second-order valence-corrected chi connectivity index (χ2v) is 6.12. The van der Waals surface area contributed by atoms with Gasteiger partial charge in [-0.2, -0.15) is 5.26 Å². The number of likely N-dealkylation sites (tertiary alicyclic amines) is 1. The first-order valence-electron chi connectivity index (χ1n) is 5.60. The molecule has 1 aromatic rings. The van der Waals surface area contributed by atoms with Gasteiger partial charge in [0.05, 0.1) is 17.9 Å². The average molecular weight is 329 g/mol. The Morgan fingerprint density at radius 1 is 1.61 bits per heavy atom. The molecule has 1 fully saturated rings. The van der Waals surface area contributed by atoms with E-state index in [2.05, 4.69) is 22.0 Å². The summed E-state index contributed by atoms with van der Waals surface area (Å²) in [6.07, 6.45) is 4.87. The Bertz CT molecular complexity index is 487. The summed E-state index contributed by atoms with van der Waals surface area (Å²) in [7, 11) is 0. The van der Waals surface area contributed by atoms with Crippen molar-refractivity contribution >= 4 is 33.6 Å². The zero-order valence-corrected chi connectivity index (χ0v) is 12.4. The lowest BCUT2D eigenvalue weighted by Gasteiger charge is -2.36. The van der Waals surface area contributed by atoms with Gasteiger partial charge in [0.1, 0.15) is 4.75 Å². The Hall–Kier alpha value is -0.930. The third kappa shape index (κ3) is 2.43. The molecule has 96 valence electrons. The third-order valence-corrected chi connectivity index (χ3v) is 5.20. The van der Waals surface area contributed by atoms with Gasteiger partial charge in [-0.3, -0.25) is 4.79 Å². The lowest BCUT2D eigenvalue weighted by atomic mass is 9.97. The van der Waals surface area contributed by atoms with Gasteiger partial charge < -0.3 is 9.32 Å². The smallest absolute Gasteiger partial charge is 0.258 e. The number of nitrogens with zero attached hydrogens (tertiary/aromatic N) is 2. The molecule has 0 unspecified atom stereocenters. The van der Waals surface area contributed by atoms with E-state index in [9.17, 15) is 10.1 Å². The highest BCUT2D eigenvalue weighted by Crippen LogP contribution is 2.34. The van der Waals surface area contributed by atoms with Gasteiger partial charge in [0.15, 0.2) is 4.67 Å². The summed E-state index contributed by atoms with van der Waals surface area (Å²) >= 11 is 4.79. The van der Waals surface area contributed by atoms with Crippen molar-refractivity contribution in [2.45, 2.75) is 17.6 Å². The van der Waals surface area contributed by atoms with Crippen molar-refractivity contribution in [3.63, 3.8) is 0 Å². The van der Waals surface area contributed by atoms with Crippen LogP contribution in [0.2, 0.25) is 0 Å². The second-order valence-electron chi connectivity index (χ2n) is 4.21. The molecule has 0 bridgehead atoms. The summed E-state index contributed by atoms with van der Waals surface area (Å²) in [6, 6.07) is 4.03. The van der Waals surface area contributed by atoms with Crippen LogP contribution in [0.1, 0.15) is 23.2 Å². The number of hydrogen-bond acceptors (Lipinski definition) is 4. The van der Waals surface area contributed by atoms with Crippen molar-refractivity contribution in [3.05, 3.63) is 22.6 Å². The van der Waals surface area contributed by atoms with Gasteiger partial charge in [0, 0.05) is 13.1 Å². The maximum atomic E-state index is 12.2. The molecule has 2 rings (SSSR count). The fourth-order valence-corrected chi connectivity index (χ4v) is 3.14. The van der Waals surface area contributed by atoms with Gasteiger partial charge in [0.25, 0.3) is 5.91 Å². The first-order valence-corrected chi connectivity index (χ1v) is 7.62. The Balaban J connectivity index is 2.05. The number of halogens is 1. The Kier molecular flexibility index (Phi) is 4.03. The average Bonchev–Trinajstić information content (AvgIpc) is 2.84. The molecule has 0 spiro atoms. The number of carbonyl (C=O) groups excluding carboxylic acids is 1. The Morgan fingerprint density at radius 3 is 2.72 bits per heavy atom. The van der Waals surface area contributed by atoms with Crippen LogP contribution in [0.25, 0.3) is 0 Å². The standard InChI is InChI=1S/C12H13BrN2O2S/c1-18-12(8-14)3-5-15(6-4-12)11(16)9-2-7-17-10(9)13/h2,7H,3-6H2,1H3. The SMILES string of the molecule is CSC1(C#N)CCN(C(=O)c2ccoc2Br)CC1. The van der Waals surface area contributed by atoms with Crippen LogP contribution in [0.5, 0.6) is 0 Å². The molecular weight excluding hydrogens is 316 g/mol. The topological polar surface area (TPSA) is 57.2 Å². The molecule has 4 nitrogen and oxygen atoms in total. The van der Waals surface area contributed by atoms with Crippen molar-refractivity contribution in [1.29, 1.82) is 5.26 Å². The molecule has 18 heavy (non-hydrogen) atoms. The van der Waals surface area contributed by atoms with Crippen molar-refractivity contribution in [2.75, 3.05) is 19.3 Å². The molecule has 1 aliphatic rings. The minimum absolute atomic E-state index is 0.0386. The van der Waals surface area contributed by atoms with Gasteiger partial charge in [-0.25, -0.2) is 0 Å². The molecule has 0 radical (unpaired) electrons. The van der Waals surface area contributed by atoms with E-state index in [1.54, 1.807) is 22.7 Å². The van der Waals surface area contributed by atoms with Crippen LogP contribution >= 0.6 is 27.7 Å². The highest BCUT2D eigenvalue weighted by atomic mass is 79.9. The number of rotatable bonds is 2. The zero-order valence-electron chi connectivity index (χ0n) is 9.98. The number of amides is 1. The summed E-state index contributed by atoms with van der Waals surface area (Å²) in [5.41, 5.74) is 0.545. The third-order valence-electron chi connectivity index (χ3n) is 3.30. The van der Waals surface area contributed by atoms with Crippen LogP contribution in [-0.4, -0.2) is 34.9 Å². The quantitative estimate of drug-likeness (QED) is 0.837. The minimum Gasteiger partial charge on any atom is -0.457 e. The van der Waals surface area contributed by atoms with E-state index in [0.29, 0.717) is 36.2 Å². The summed E-state index contributed by atoms with van der Waals surface area (Å²) in [5, 5.41) is 9.20. The monoisotopic (exact) mass is 328 g/mol. The second kappa shape index (κ2) is 5.37. The molecule has 0 saturated carbocycles. The first kappa shape index (κ1) is 13.5. The van der Waals surface area contributed by atoms with Crippen LogP contribution in [0.3, 0.4) is 0 Å². The fraction of sp³-hybridized carbons (Fsp3) is 0.500. The number of piperidine rings is 1. The summed E-state index contributed by atoms with van der Waals surface area (Å²) in [4.78, 5) is 14.0. The normalized spacial score (nSPS) is 18.4. The van der Waals surface area contributed by atoms with Crippen LogP contribution in [-0.2, 0) is 0 Å². The van der Waals surface area contributed by atoms with Crippen LogP contribution in [0.15, 0.2) is 21.4 Å². The van der Waals surface area contributed by atoms with E-state index < -0.39 is 0 Å². The number of carbonyl (C=O) groups is 1. The molecule has 2 heterocycles. The van der Waals surface area contributed by atoms with E-state index in [-0.39, 0.29) is 10.7 Å².